The van der Waals surface area contributed by atoms with Crippen molar-refractivity contribution in [1.29, 1.82) is 0 Å². The van der Waals surface area contributed by atoms with Crippen LogP contribution in [0.5, 0.6) is 0 Å². The third-order valence-corrected chi connectivity index (χ3v) is 10.8. The van der Waals surface area contributed by atoms with Crippen molar-refractivity contribution in [1.82, 2.24) is 0 Å². The van der Waals surface area contributed by atoms with Gasteiger partial charge in [0.2, 0.25) is 0 Å². The summed E-state index contributed by atoms with van der Waals surface area (Å²) in [5.74, 6) is 0. The van der Waals surface area contributed by atoms with Crippen molar-refractivity contribution in [3.8, 4) is 0 Å². The molecule has 0 aliphatic heterocycles. The Kier molecular flexibility index (Phi) is 5.60. The summed E-state index contributed by atoms with van der Waals surface area (Å²) >= 11 is -3.42. The van der Waals surface area contributed by atoms with E-state index in [1.807, 2.05) is 30.3 Å². The molecule has 4 heteroatoms. The molecule has 0 aromatic heterocycles. The zero-order valence-electron chi connectivity index (χ0n) is 8.17. The molecule has 0 bridgehead atoms. The van der Waals surface area contributed by atoms with Crippen LogP contribution in [0.1, 0.15) is 19.8 Å². The molecule has 1 rings (SSSR count). The Bertz CT molecular complexity index is 264. The zero-order chi connectivity index (χ0) is 10.4. The van der Waals surface area contributed by atoms with Crippen LogP contribution in [0.15, 0.2) is 30.3 Å². The fourth-order valence-electron chi connectivity index (χ4n) is 1.06. The first-order chi connectivity index (χ1) is 6.67. The normalized spacial score (nSPS) is 11.6. The van der Waals surface area contributed by atoms with Gasteiger partial charge in [-0.2, -0.15) is 0 Å². The van der Waals surface area contributed by atoms with Crippen LogP contribution in [-0.2, 0) is 3.07 Å². The van der Waals surface area contributed by atoms with Gasteiger partial charge in [-0.05, 0) is 0 Å². The van der Waals surface area contributed by atoms with E-state index in [-0.39, 0.29) is 0 Å². The van der Waals surface area contributed by atoms with Crippen molar-refractivity contribution in [2.45, 2.75) is 19.8 Å². The van der Waals surface area contributed by atoms with Gasteiger partial charge in [0.1, 0.15) is 0 Å². The van der Waals surface area contributed by atoms with Crippen molar-refractivity contribution in [2.24, 2.45) is 0 Å². The molecule has 14 heavy (non-hydrogen) atoms. The Morgan fingerprint density at radius 1 is 1.21 bits per heavy atom. The van der Waals surface area contributed by atoms with Crippen molar-refractivity contribution < 1.29 is 3.07 Å². The standard InChI is InChI=1S/C6H5.C4H9O.2ClH.Sn/c1-2-4-6-5-3-1;1-2-3-4-5;;;/h1-5H;2-4H2,1H3;2*1H;/q;-1;;;+3/p-2. The van der Waals surface area contributed by atoms with E-state index >= 15 is 0 Å². The van der Waals surface area contributed by atoms with E-state index in [2.05, 4.69) is 6.92 Å². The van der Waals surface area contributed by atoms with Crippen molar-refractivity contribution in [3.63, 3.8) is 0 Å². The van der Waals surface area contributed by atoms with Gasteiger partial charge in [-0.1, -0.05) is 0 Å². The molecule has 1 aromatic rings. The van der Waals surface area contributed by atoms with Gasteiger partial charge >= 0.3 is 97.7 Å². The maximum absolute atomic E-state index is 6.25. The topological polar surface area (TPSA) is 9.23 Å². The van der Waals surface area contributed by atoms with E-state index in [9.17, 15) is 0 Å². The Labute approximate surface area is 97.2 Å². The number of halogens is 2. The monoisotopic (exact) mass is 340 g/mol. The number of benzene rings is 1. The van der Waals surface area contributed by atoms with Gasteiger partial charge in [-0.3, -0.25) is 0 Å². The molecule has 0 aliphatic rings. The molecule has 0 amide bonds. The van der Waals surface area contributed by atoms with Crippen LogP contribution in [0.3, 0.4) is 0 Å². The Balaban J connectivity index is 2.56. The average molecular weight is 340 g/mol. The molecule has 0 radical (unpaired) electrons. The summed E-state index contributed by atoms with van der Waals surface area (Å²) in [5, 5.41) is 0. The fourth-order valence-corrected chi connectivity index (χ4v) is 7.06. The zero-order valence-corrected chi connectivity index (χ0v) is 12.5. The number of hydrogen-bond donors (Lipinski definition) is 0. The summed E-state index contributed by atoms with van der Waals surface area (Å²) < 4.78 is 6.58. The molecule has 0 fully saturated rings. The number of rotatable bonds is 5. The molecule has 0 saturated heterocycles. The van der Waals surface area contributed by atoms with Crippen LogP contribution in [0.4, 0.5) is 0 Å². The molecule has 0 spiro atoms. The van der Waals surface area contributed by atoms with Crippen molar-refractivity contribution in [2.75, 3.05) is 6.61 Å². The Morgan fingerprint density at radius 3 is 2.43 bits per heavy atom. The fraction of sp³-hybridized carbons (Fsp3) is 0.400. The second kappa shape index (κ2) is 6.21. The second-order valence-electron chi connectivity index (χ2n) is 3.08. The van der Waals surface area contributed by atoms with Gasteiger partial charge in [0.15, 0.2) is 0 Å². The third-order valence-electron chi connectivity index (χ3n) is 1.89. The van der Waals surface area contributed by atoms with E-state index in [1.54, 1.807) is 0 Å². The van der Waals surface area contributed by atoms with Gasteiger partial charge in [0.25, 0.3) is 0 Å². The predicted octanol–water partition coefficient (Wildman–Crippen LogP) is 3.13. The van der Waals surface area contributed by atoms with Crippen molar-refractivity contribution >= 4 is 38.0 Å². The molecule has 0 atom stereocenters. The minimum absolute atomic E-state index is 0.675. The third kappa shape index (κ3) is 3.97. The van der Waals surface area contributed by atoms with Crippen LogP contribution in [-0.4, -0.2) is 23.1 Å². The van der Waals surface area contributed by atoms with Gasteiger partial charge in [-0.25, -0.2) is 0 Å². The van der Waals surface area contributed by atoms with Gasteiger partial charge in [0, 0.05) is 0 Å². The van der Waals surface area contributed by atoms with E-state index < -0.39 is 16.5 Å². The summed E-state index contributed by atoms with van der Waals surface area (Å²) in [6.07, 6.45) is 2.12. The molecule has 1 nitrogen and oxygen atoms in total. The summed E-state index contributed by atoms with van der Waals surface area (Å²) in [6.45, 7) is 2.79. The van der Waals surface area contributed by atoms with Crippen LogP contribution in [0, 0.1) is 0 Å². The Morgan fingerprint density at radius 2 is 1.86 bits per heavy atom. The van der Waals surface area contributed by atoms with Crippen LogP contribution in [0.2, 0.25) is 0 Å². The van der Waals surface area contributed by atoms with E-state index in [0.717, 1.165) is 16.4 Å². The second-order valence-corrected chi connectivity index (χ2v) is 16.9. The Hall–Kier alpha value is 0.559. The summed E-state index contributed by atoms with van der Waals surface area (Å²) in [7, 11) is 12.5. The molecule has 0 heterocycles. The SMILES string of the molecule is CCCC[O][Sn]([Cl])([Cl])[c]1ccccc1. The van der Waals surface area contributed by atoms with E-state index in [4.69, 9.17) is 20.9 Å². The van der Waals surface area contributed by atoms with E-state index in [1.165, 1.54) is 0 Å². The summed E-state index contributed by atoms with van der Waals surface area (Å²) in [4.78, 5) is 0. The summed E-state index contributed by atoms with van der Waals surface area (Å²) in [5.41, 5.74) is 0. The first-order valence-corrected chi connectivity index (χ1v) is 14.6. The van der Waals surface area contributed by atoms with Gasteiger partial charge in [0.05, 0.1) is 0 Å². The molecular formula is C10H14Cl2OSn. The molecule has 0 N–H and O–H groups in total. The molecule has 0 saturated carbocycles. The predicted molar refractivity (Wildman–Crippen MR) is 64.4 cm³/mol. The molecule has 0 aliphatic carbocycles. The first-order valence-electron chi connectivity index (χ1n) is 4.74. The first kappa shape index (κ1) is 12.6. The van der Waals surface area contributed by atoms with E-state index in [0.29, 0.717) is 6.61 Å². The quantitative estimate of drug-likeness (QED) is 0.591. The minimum atomic E-state index is -3.42. The van der Waals surface area contributed by atoms with Crippen LogP contribution < -0.4 is 3.58 Å². The van der Waals surface area contributed by atoms with Crippen LogP contribution in [0.25, 0.3) is 0 Å². The number of hydrogen-bond acceptors (Lipinski definition) is 1. The van der Waals surface area contributed by atoms with Gasteiger partial charge < -0.3 is 0 Å². The molecular weight excluding hydrogens is 326 g/mol. The van der Waals surface area contributed by atoms with Crippen LogP contribution >= 0.6 is 17.8 Å². The van der Waals surface area contributed by atoms with Gasteiger partial charge in [-0.15, -0.1) is 0 Å². The average Bonchev–Trinajstić information content (AvgIpc) is 2.19. The molecule has 0 unspecified atom stereocenters. The molecule has 1 aromatic carbocycles. The summed E-state index contributed by atoms with van der Waals surface area (Å²) in [6, 6.07) is 9.72. The maximum atomic E-state index is 6.25. The molecule has 78 valence electrons. The number of unbranched alkanes of at least 4 members (excludes halogenated alkanes) is 1. The van der Waals surface area contributed by atoms with Crippen molar-refractivity contribution in [3.05, 3.63) is 30.3 Å².